The maximum absolute atomic E-state index is 3.92. The molecule has 0 radical (unpaired) electrons. The van der Waals surface area contributed by atoms with Gasteiger partial charge < -0.3 is 0 Å². The van der Waals surface area contributed by atoms with Crippen LogP contribution in [0.1, 0.15) is 33.1 Å². The normalized spacial score (nSPS) is 23.5. The van der Waals surface area contributed by atoms with Gasteiger partial charge in [-0.2, -0.15) is 0 Å². The molecule has 1 aliphatic carbocycles. The van der Waals surface area contributed by atoms with E-state index in [0.717, 1.165) is 11.1 Å². The van der Waals surface area contributed by atoms with E-state index in [9.17, 15) is 0 Å². The second-order valence-corrected chi connectivity index (χ2v) is 4.65. The summed E-state index contributed by atoms with van der Waals surface area (Å²) in [5.74, 6) is 1.16. The van der Waals surface area contributed by atoms with Crippen molar-refractivity contribution in [3.05, 3.63) is 60.1 Å². The van der Waals surface area contributed by atoms with Gasteiger partial charge in [0, 0.05) is 11.5 Å². The highest BCUT2D eigenvalue weighted by Crippen LogP contribution is 2.38. The van der Waals surface area contributed by atoms with E-state index in [1.165, 1.54) is 24.8 Å². The predicted octanol–water partition coefficient (Wildman–Crippen LogP) is 4.98. The van der Waals surface area contributed by atoms with Crippen molar-refractivity contribution in [2.45, 2.75) is 33.1 Å². The van der Waals surface area contributed by atoms with Crippen LogP contribution in [0.3, 0.4) is 0 Å². The Balaban J connectivity index is 2.84. The van der Waals surface area contributed by atoms with Crippen LogP contribution in [-0.4, -0.2) is 0 Å². The Morgan fingerprint density at radius 2 is 2.12 bits per heavy atom. The third-order valence-electron chi connectivity index (χ3n) is 3.51. The van der Waals surface area contributed by atoms with Crippen LogP contribution >= 0.6 is 0 Å². The SMILES string of the molecule is C=C=C(/C=C\C1CCC(CC)C1=C=C)C(=C)C. The predicted molar refractivity (Wildman–Crippen MR) is 75.8 cm³/mol. The highest BCUT2D eigenvalue weighted by Gasteiger charge is 2.26. The molecule has 0 saturated heterocycles. The summed E-state index contributed by atoms with van der Waals surface area (Å²) in [6, 6.07) is 0. The van der Waals surface area contributed by atoms with Crippen LogP contribution < -0.4 is 0 Å². The van der Waals surface area contributed by atoms with Crippen molar-refractivity contribution in [3.63, 3.8) is 0 Å². The van der Waals surface area contributed by atoms with E-state index in [1.54, 1.807) is 0 Å². The first-order valence-electron chi connectivity index (χ1n) is 6.28. The summed E-state index contributed by atoms with van der Waals surface area (Å²) in [6.07, 6.45) is 7.95. The lowest BCUT2D eigenvalue weighted by atomic mass is 9.95. The molecule has 1 saturated carbocycles. The molecule has 0 aromatic heterocycles. The zero-order valence-corrected chi connectivity index (χ0v) is 11.1. The number of hydrogen-bond donors (Lipinski definition) is 0. The first-order chi connectivity index (χ1) is 8.13. The summed E-state index contributed by atoms with van der Waals surface area (Å²) in [5.41, 5.74) is 9.42. The first kappa shape index (κ1) is 13.6. The van der Waals surface area contributed by atoms with Crippen molar-refractivity contribution in [2.24, 2.45) is 11.8 Å². The van der Waals surface area contributed by atoms with Gasteiger partial charge in [0.15, 0.2) is 0 Å². The second-order valence-electron chi connectivity index (χ2n) is 4.65. The molecule has 0 aromatic carbocycles. The standard InChI is InChI=1S/C17H22/c1-6-14(13(4)5)9-11-16-12-10-15(7-2)17(16)8-3/h9,11,15-16H,1,3-4,7,10,12H2,2,5H3/b11-9-. The van der Waals surface area contributed by atoms with E-state index in [0.29, 0.717) is 11.8 Å². The van der Waals surface area contributed by atoms with E-state index in [4.69, 9.17) is 0 Å². The summed E-state index contributed by atoms with van der Waals surface area (Å²) in [4.78, 5) is 0. The molecular weight excluding hydrogens is 204 g/mol. The van der Waals surface area contributed by atoms with E-state index in [2.05, 4.69) is 50.3 Å². The van der Waals surface area contributed by atoms with Crippen LogP contribution in [0.4, 0.5) is 0 Å². The third kappa shape index (κ3) is 3.24. The molecule has 0 amide bonds. The van der Waals surface area contributed by atoms with Gasteiger partial charge in [-0.15, -0.1) is 11.5 Å². The van der Waals surface area contributed by atoms with Crippen LogP contribution in [-0.2, 0) is 0 Å². The van der Waals surface area contributed by atoms with Crippen molar-refractivity contribution in [3.8, 4) is 0 Å². The molecule has 0 nitrogen and oxygen atoms in total. The van der Waals surface area contributed by atoms with Gasteiger partial charge in [-0.3, -0.25) is 0 Å². The number of allylic oxidation sites excluding steroid dienone is 5. The first-order valence-corrected chi connectivity index (χ1v) is 6.28. The van der Waals surface area contributed by atoms with Gasteiger partial charge in [0.1, 0.15) is 0 Å². The van der Waals surface area contributed by atoms with Gasteiger partial charge in [0.2, 0.25) is 0 Å². The third-order valence-corrected chi connectivity index (χ3v) is 3.51. The fourth-order valence-corrected chi connectivity index (χ4v) is 2.46. The molecule has 2 unspecified atom stereocenters. The van der Waals surface area contributed by atoms with Crippen molar-refractivity contribution in [1.29, 1.82) is 0 Å². The average Bonchev–Trinajstić information content (AvgIpc) is 2.71. The molecule has 90 valence electrons. The second kappa shape index (κ2) is 6.30. The molecular formula is C17H22. The highest BCUT2D eigenvalue weighted by atomic mass is 14.3. The van der Waals surface area contributed by atoms with Gasteiger partial charge in [0.25, 0.3) is 0 Å². The molecule has 0 spiro atoms. The van der Waals surface area contributed by atoms with E-state index >= 15 is 0 Å². The zero-order chi connectivity index (χ0) is 12.8. The lowest BCUT2D eigenvalue weighted by Crippen LogP contribution is -1.98. The van der Waals surface area contributed by atoms with Crippen molar-refractivity contribution < 1.29 is 0 Å². The maximum Gasteiger partial charge on any atom is 0.0178 e. The van der Waals surface area contributed by atoms with Gasteiger partial charge in [-0.05, 0) is 43.3 Å². The largest absolute Gasteiger partial charge is 0.129 e. The maximum atomic E-state index is 3.92. The van der Waals surface area contributed by atoms with Gasteiger partial charge in [-0.25, -0.2) is 0 Å². The van der Waals surface area contributed by atoms with E-state index in [1.807, 2.05) is 6.92 Å². The molecule has 0 aromatic rings. The van der Waals surface area contributed by atoms with Crippen molar-refractivity contribution in [1.82, 2.24) is 0 Å². The molecule has 0 bridgehead atoms. The minimum atomic E-state index is 0.486. The number of rotatable bonds is 4. The molecule has 0 aliphatic heterocycles. The summed E-state index contributed by atoms with van der Waals surface area (Å²) >= 11 is 0. The molecule has 1 rings (SSSR count). The van der Waals surface area contributed by atoms with Crippen LogP contribution in [0.25, 0.3) is 0 Å². The summed E-state index contributed by atoms with van der Waals surface area (Å²) in [5, 5.41) is 0. The van der Waals surface area contributed by atoms with E-state index in [-0.39, 0.29) is 0 Å². The lowest BCUT2D eigenvalue weighted by Gasteiger charge is -2.09. The Labute approximate surface area is 105 Å². The molecule has 0 heterocycles. The Kier molecular flexibility index (Phi) is 5.04. The zero-order valence-electron chi connectivity index (χ0n) is 11.1. The Morgan fingerprint density at radius 3 is 2.59 bits per heavy atom. The van der Waals surface area contributed by atoms with Gasteiger partial charge in [0.05, 0.1) is 0 Å². The van der Waals surface area contributed by atoms with Gasteiger partial charge >= 0.3 is 0 Å². The summed E-state index contributed by atoms with van der Waals surface area (Å²) < 4.78 is 0. The van der Waals surface area contributed by atoms with Crippen molar-refractivity contribution >= 4 is 0 Å². The molecule has 2 atom stereocenters. The molecule has 1 aliphatic rings. The minimum absolute atomic E-state index is 0.486. The monoisotopic (exact) mass is 226 g/mol. The summed E-state index contributed by atoms with van der Waals surface area (Å²) in [7, 11) is 0. The fraction of sp³-hybridized carbons (Fsp3) is 0.412. The summed E-state index contributed by atoms with van der Waals surface area (Å²) in [6.45, 7) is 15.6. The average molecular weight is 226 g/mol. The molecule has 0 N–H and O–H groups in total. The van der Waals surface area contributed by atoms with Gasteiger partial charge in [-0.1, -0.05) is 38.8 Å². The quantitative estimate of drug-likeness (QED) is 0.468. The highest BCUT2D eigenvalue weighted by molar-refractivity contribution is 5.36. The topological polar surface area (TPSA) is 0 Å². The fourth-order valence-electron chi connectivity index (χ4n) is 2.46. The molecule has 1 fully saturated rings. The molecule has 0 heteroatoms. The van der Waals surface area contributed by atoms with Crippen LogP contribution in [0.2, 0.25) is 0 Å². The number of hydrogen-bond acceptors (Lipinski definition) is 0. The lowest BCUT2D eigenvalue weighted by molar-refractivity contribution is 0.607. The minimum Gasteiger partial charge on any atom is -0.129 e. The van der Waals surface area contributed by atoms with E-state index < -0.39 is 0 Å². The van der Waals surface area contributed by atoms with Crippen LogP contribution in [0, 0.1) is 11.8 Å². The van der Waals surface area contributed by atoms with Crippen LogP contribution in [0.15, 0.2) is 60.1 Å². The Hall–Kier alpha value is -1.48. The Morgan fingerprint density at radius 1 is 1.41 bits per heavy atom. The van der Waals surface area contributed by atoms with Crippen LogP contribution in [0.5, 0.6) is 0 Å². The van der Waals surface area contributed by atoms with Crippen molar-refractivity contribution in [2.75, 3.05) is 0 Å². The molecule has 17 heavy (non-hydrogen) atoms. The smallest absolute Gasteiger partial charge is 0.0178 e. The Bertz CT molecular complexity index is 421.